The molecule has 2 heterocycles. The van der Waals surface area contributed by atoms with Crippen LogP contribution in [0.4, 0.5) is 4.39 Å². The van der Waals surface area contributed by atoms with Gasteiger partial charge >= 0.3 is 0 Å². The second kappa shape index (κ2) is 7.12. The fourth-order valence-electron chi connectivity index (χ4n) is 3.51. The Kier molecular flexibility index (Phi) is 4.93. The first-order chi connectivity index (χ1) is 11.6. The van der Waals surface area contributed by atoms with Crippen molar-refractivity contribution in [3.8, 4) is 6.07 Å². The highest BCUT2D eigenvalue weighted by molar-refractivity contribution is 5.38. The Morgan fingerprint density at radius 2 is 2.25 bits per heavy atom. The van der Waals surface area contributed by atoms with E-state index in [1.807, 2.05) is 17.9 Å². The van der Waals surface area contributed by atoms with Gasteiger partial charge in [-0.25, -0.2) is 4.39 Å². The third kappa shape index (κ3) is 3.48. The van der Waals surface area contributed by atoms with E-state index in [0.717, 1.165) is 18.7 Å². The molecular weight excluding hydrogens is 307 g/mol. The normalized spacial score (nSPS) is 21.1. The van der Waals surface area contributed by atoms with Gasteiger partial charge in [-0.15, -0.1) is 0 Å². The first kappa shape index (κ1) is 16.6. The number of rotatable bonds is 5. The van der Waals surface area contributed by atoms with E-state index in [4.69, 9.17) is 4.74 Å². The maximum absolute atomic E-state index is 13.3. The molecule has 1 aromatic heterocycles. The molecule has 6 heteroatoms. The molecule has 5 nitrogen and oxygen atoms in total. The number of hydrogen-bond donors (Lipinski definition) is 0. The van der Waals surface area contributed by atoms with Gasteiger partial charge in [0.25, 0.3) is 0 Å². The minimum Gasteiger partial charge on any atom is -0.384 e. The highest BCUT2D eigenvalue weighted by Gasteiger charge is 2.34. The summed E-state index contributed by atoms with van der Waals surface area (Å²) in [6, 6.07) is 6.51. The largest absolute Gasteiger partial charge is 0.384 e. The van der Waals surface area contributed by atoms with Crippen molar-refractivity contribution in [1.29, 1.82) is 5.26 Å². The highest BCUT2D eigenvalue weighted by atomic mass is 19.1. The van der Waals surface area contributed by atoms with Crippen molar-refractivity contribution >= 4 is 0 Å². The van der Waals surface area contributed by atoms with Gasteiger partial charge in [0.15, 0.2) is 0 Å². The van der Waals surface area contributed by atoms with E-state index < -0.39 is 0 Å². The zero-order valence-corrected chi connectivity index (χ0v) is 13.9. The van der Waals surface area contributed by atoms with Crippen molar-refractivity contribution in [2.45, 2.75) is 12.5 Å². The van der Waals surface area contributed by atoms with Gasteiger partial charge in [0.1, 0.15) is 5.82 Å². The van der Waals surface area contributed by atoms with Crippen LogP contribution in [-0.4, -0.2) is 41.5 Å². The monoisotopic (exact) mass is 328 g/mol. The fourth-order valence-corrected chi connectivity index (χ4v) is 3.51. The summed E-state index contributed by atoms with van der Waals surface area (Å²) in [6.07, 6.45) is 3.96. The molecule has 0 spiro atoms. The number of ether oxygens (including phenoxy) is 1. The van der Waals surface area contributed by atoms with E-state index in [1.165, 1.54) is 17.7 Å². The number of nitriles is 1. The Bertz CT molecular complexity index is 752. The van der Waals surface area contributed by atoms with Crippen LogP contribution < -0.4 is 0 Å². The summed E-state index contributed by atoms with van der Waals surface area (Å²) >= 11 is 0. The molecule has 1 aliphatic rings. The van der Waals surface area contributed by atoms with Gasteiger partial charge in [0.05, 0.1) is 24.4 Å². The zero-order valence-electron chi connectivity index (χ0n) is 13.9. The van der Waals surface area contributed by atoms with Crippen molar-refractivity contribution in [3.05, 3.63) is 53.1 Å². The molecule has 1 aromatic carbocycles. The van der Waals surface area contributed by atoms with Crippen LogP contribution in [0.3, 0.4) is 0 Å². The number of halogens is 1. The molecule has 0 N–H and O–H groups in total. The van der Waals surface area contributed by atoms with E-state index in [-0.39, 0.29) is 5.82 Å². The molecule has 126 valence electrons. The maximum atomic E-state index is 13.3. The van der Waals surface area contributed by atoms with Crippen LogP contribution in [0, 0.1) is 23.1 Å². The van der Waals surface area contributed by atoms with E-state index in [2.05, 4.69) is 22.3 Å². The minimum atomic E-state index is -0.373. The lowest BCUT2D eigenvalue weighted by Gasteiger charge is -2.16. The second-order valence-electron chi connectivity index (χ2n) is 6.38. The first-order valence-electron chi connectivity index (χ1n) is 7.99. The van der Waals surface area contributed by atoms with Crippen molar-refractivity contribution < 1.29 is 9.13 Å². The third-order valence-corrected chi connectivity index (χ3v) is 4.64. The Labute approximate surface area is 141 Å². The van der Waals surface area contributed by atoms with Gasteiger partial charge in [-0.3, -0.25) is 9.58 Å². The van der Waals surface area contributed by atoms with Crippen LogP contribution in [-0.2, 0) is 18.3 Å². The van der Waals surface area contributed by atoms with Crippen LogP contribution in [0.25, 0.3) is 0 Å². The van der Waals surface area contributed by atoms with Gasteiger partial charge in [0, 0.05) is 51.8 Å². The van der Waals surface area contributed by atoms with Gasteiger partial charge in [-0.2, -0.15) is 10.4 Å². The molecule has 0 saturated carbocycles. The lowest BCUT2D eigenvalue weighted by molar-refractivity contribution is 0.147. The number of aromatic nitrogens is 2. The topological polar surface area (TPSA) is 54.1 Å². The SMILES string of the molecule is COC[C@@H]1CN(Cc2ccc(F)cc2C#N)C[C@H]1c1cnn(C)c1. The van der Waals surface area contributed by atoms with Crippen LogP contribution in [0.1, 0.15) is 22.6 Å². The molecule has 0 amide bonds. The van der Waals surface area contributed by atoms with Crippen molar-refractivity contribution in [1.82, 2.24) is 14.7 Å². The number of aryl methyl sites for hydroxylation is 1. The molecule has 0 unspecified atom stereocenters. The summed E-state index contributed by atoms with van der Waals surface area (Å²) in [5, 5.41) is 13.5. The predicted molar refractivity (Wildman–Crippen MR) is 87.7 cm³/mol. The van der Waals surface area contributed by atoms with Crippen molar-refractivity contribution in [3.63, 3.8) is 0 Å². The molecule has 2 atom stereocenters. The maximum Gasteiger partial charge on any atom is 0.124 e. The van der Waals surface area contributed by atoms with E-state index in [9.17, 15) is 9.65 Å². The molecule has 1 fully saturated rings. The number of likely N-dealkylation sites (tertiary alicyclic amines) is 1. The molecule has 0 radical (unpaired) electrons. The molecule has 0 aliphatic carbocycles. The van der Waals surface area contributed by atoms with Crippen molar-refractivity contribution in [2.24, 2.45) is 13.0 Å². The van der Waals surface area contributed by atoms with Crippen LogP contribution in [0.5, 0.6) is 0 Å². The number of methoxy groups -OCH3 is 1. The van der Waals surface area contributed by atoms with Gasteiger partial charge < -0.3 is 4.74 Å². The lowest BCUT2D eigenvalue weighted by atomic mass is 9.92. The molecule has 3 rings (SSSR count). The van der Waals surface area contributed by atoms with Crippen LogP contribution in [0.15, 0.2) is 30.6 Å². The smallest absolute Gasteiger partial charge is 0.124 e. The number of hydrogen-bond acceptors (Lipinski definition) is 4. The Morgan fingerprint density at radius 1 is 1.42 bits per heavy atom. The van der Waals surface area contributed by atoms with E-state index >= 15 is 0 Å². The first-order valence-corrected chi connectivity index (χ1v) is 7.99. The number of nitrogens with zero attached hydrogens (tertiary/aromatic N) is 4. The fraction of sp³-hybridized carbons (Fsp3) is 0.444. The summed E-state index contributed by atoms with van der Waals surface area (Å²) in [5.41, 5.74) is 2.48. The summed E-state index contributed by atoms with van der Waals surface area (Å²) < 4.78 is 20.5. The highest BCUT2D eigenvalue weighted by Crippen LogP contribution is 2.33. The molecule has 2 aromatic rings. The minimum absolute atomic E-state index is 0.352. The van der Waals surface area contributed by atoms with Gasteiger partial charge in [0.2, 0.25) is 0 Å². The third-order valence-electron chi connectivity index (χ3n) is 4.64. The zero-order chi connectivity index (χ0) is 17.1. The quantitative estimate of drug-likeness (QED) is 0.845. The van der Waals surface area contributed by atoms with Crippen LogP contribution in [0.2, 0.25) is 0 Å². The summed E-state index contributed by atoms with van der Waals surface area (Å²) in [5.74, 6) is 0.358. The second-order valence-corrected chi connectivity index (χ2v) is 6.38. The Balaban J connectivity index is 1.77. The van der Waals surface area contributed by atoms with E-state index in [1.54, 1.807) is 13.2 Å². The predicted octanol–water partition coefficient (Wildman–Crippen LogP) is 2.29. The summed E-state index contributed by atoms with van der Waals surface area (Å²) in [7, 11) is 3.63. The standard InChI is InChI=1S/C18H21FN4O/c1-22-8-15(7-21-22)18-11-23(10-16(18)12-24-2)9-13-3-4-17(19)5-14(13)6-20/h3-5,7-8,16,18H,9-12H2,1-2H3/t16-,18-/m0/s1. The number of benzene rings is 1. The Hall–Kier alpha value is -2.23. The van der Waals surface area contributed by atoms with Crippen molar-refractivity contribution in [2.75, 3.05) is 26.8 Å². The summed E-state index contributed by atoms with van der Waals surface area (Å²) in [4.78, 5) is 2.30. The summed E-state index contributed by atoms with van der Waals surface area (Å²) in [6.45, 7) is 3.09. The van der Waals surface area contributed by atoms with E-state index in [0.29, 0.717) is 30.6 Å². The molecule has 24 heavy (non-hydrogen) atoms. The lowest BCUT2D eigenvalue weighted by Crippen LogP contribution is -2.21. The molecule has 1 aliphatic heterocycles. The molecule has 1 saturated heterocycles. The Morgan fingerprint density at radius 3 is 2.92 bits per heavy atom. The molecular formula is C18H21FN4O. The molecule has 0 bridgehead atoms. The average Bonchev–Trinajstić information content (AvgIpc) is 3.15. The van der Waals surface area contributed by atoms with Gasteiger partial charge in [-0.1, -0.05) is 6.07 Å². The average molecular weight is 328 g/mol. The van der Waals surface area contributed by atoms with Crippen LogP contribution >= 0.6 is 0 Å². The van der Waals surface area contributed by atoms with Gasteiger partial charge in [-0.05, 0) is 23.3 Å².